The van der Waals surface area contributed by atoms with E-state index in [9.17, 15) is 24.5 Å². The van der Waals surface area contributed by atoms with Crippen molar-refractivity contribution in [3.05, 3.63) is 79.5 Å². The fourth-order valence-corrected chi connectivity index (χ4v) is 4.28. The van der Waals surface area contributed by atoms with Crippen molar-refractivity contribution in [2.75, 3.05) is 31.1 Å². The molecule has 0 saturated carbocycles. The first-order valence-electron chi connectivity index (χ1n) is 11.4. The number of rotatable bonds is 8. The van der Waals surface area contributed by atoms with Gasteiger partial charge in [-0.05, 0) is 37.1 Å². The van der Waals surface area contributed by atoms with Gasteiger partial charge in [0.1, 0.15) is 0 Å². The number of nitrogens with one attached hydrogen (secondary N) is 1. The molecule has 34 heavy (non-hydrogen) atoms. The van der Waals surface area contributed by atoms with Crippen LogP contribution < -0.4 is 16.1 Å². The number of nitrogens with zero attached hydrogens (tertiary/aromatic N) is 4. The number of nitro groups is 1. The summed E-state index contributed by atoms with van der Waals surface area (Å²) in [5.74, 6) is 0.101. The SMILES string of the molecule is O=C(CCCCCn1c(=O)[nH]c2ccccc2c1=O)N1CCN(c2ccc([N+](=O)[O-])cc2)CC1. The standard InChI is InChI=1S/C24H27N5O5/c30-22(27-16-14-26(15-17-27)18-9-11-19(12-10-18)29(33)34)8-2-1-5-13-28-23(31)20-6-3-4-7-21(20)25-24(28)32/h3-4,6-7,9-12H,1-2,5,8,13-17H2,(H,25,32). The van der Waals surface area contributed by atoms with E-state index in [0.29, 0.717) is 62.9 Å². The van der Waals surface area contributed by atoms with E-state index in [4.69, 9.17) is 0 Å². The van der Waals surface area contributed by atoms with E-state index in [2.05, 4.69) is 9.88 Å². The molecule has 0 spiro atoms. The molecule has 0 radical (unpaired) electrons. The molecule has 0 aliphatic carbocycles. The van der Waals surface area contributed by atoms with Crippen LogP contribution in [0.25, 0.3) is 10.9 Å². The van der Waals surface area contributed by atoms with Gasteiger partial charge in [0.15, 0.2) is 0 Å². The number of anilines is 1. The van der Waals surface area contributed by atoms with Gasteiger partial charge in [-0.2, -0.15) is 0 Å². The van der Waals surface area contributed by atoms with Crippen LogP contribution in [0.15, 0.2) is 58.1 Å². The number of fused-ring (bicyclic) bond motifs is 1. The van der Waals surface area contributed by atoms with E-state index in [1.807, 2.05) is 4.90 Å². The number of amides is 1. The molecular weight excluding hydrogens is 438 g/mol. The van der Waals surface area contributed by atoms with Crippen LogP contribution in [0, 0.1) is 10.1 Å². The van der Waals surface area contributed by atoms with Crippen molar-refractivity contribution in [3.63, 3.8) is 0 Å². The number of H-pyrrole nitrogens is 1. The molecule has 1 aromatic heterocycles. The van der Waals surface area contributed by atoms with Gasteiger partial charge in [-0.3, -0.25) is 24.3 Å². The molecule has 1 saturated heterocycles. The number of hydrogen-bond donors (Lipinski definition) is 1. The van der Waals surface area contributed by atoms with Crippen LogP contribution in [0.5, 0.6) is 0 Å². The molecule has 0 atom stereocenters. The van der Waals surface area contributed by atoms with Gasteiger partial charge >= 0.3 is 5.69 Å². The first-order valence-corrected chi connectivity index (χ1v) is 11.4. The zero-order chi connectivity index (χ0) is 24.1. The van der Waals surface area contributed by atoms with Crippen molar-refractivity contribution in [1.29, 1.82) is 0 Å². The third-order valence-corrected chi connectivity index (χ3v) is 6.22. The monoisotopic (exact) mass is 465 g/mol. The number of carbonyl (C=O) groups excluding carboxylic acids is 1. The molecule has 1 N–H and O–H groups in total. The molecule has 2 aromatic carbocycles. The molecular formula is C24H27N5O5. The van der Waals surface area contributed by atoms with Crippen LogP contribution in [0.4, 0.5) is 11.4 Å². The summed E-state index contributed by atoms with van der Waals surface area (Å²) in [5, 5.41) is 11.3. The van der Waals surface area contributed by atoms with Gasteiger partial charge in [-0.25, -0.2) is 4.79 Å². The van der Waals surface area contributed by atoms with Crippen molar-refractivity contribution in [2.45, 2.75) is 32.2 Å². The third kappa shape index (κ3) is 5.16. The Balaban J connectivity index is 1.20. The summed E-state index contributed by atoms with van der Waals surface area (Å²) in [5.41, 5.74) is 0.810. The zero-order valence-corrected chi connectivity index (χ0v) is 18.8. The summed E-state index contributed by atoms with van der Waals surface area (Å²) in [4.78, 5) is 54.4. The van der Waals surface area contributed by atoms with E-state index < -0.39 is 10.6 Å². The minimum atomic E-state index is -0.418. The maximum atomic E-state index is 12.6. The molecule has 10 nitrogen and oxygen atoms in total. The van der Waals surface area contributed by atoms with E-state index in [1.165, 1.54) is 16.7 Å². The number of piperazine rings is 1. The average molecular weight is 466 g/mol. The Hall–Kier alpha value is -3.95. The molecule has 10 heteroatoms. The average Bonchev–Trinajstić information content (AvgIpc) is 2.85. The van der Waals surface area contributed by atoms with Crippen LogP contribution >= 0.6 is 0 Å². The Kier molecular flexibility index (Phi) is 7.05. The number of unbranched alkanes of at least 4 members (excludes halogenated alkanes) is 2. The molecule has 3 aromatic rings. The van der Waals surface area contributed by atoms with Gasteiger partial charge in [0.2, 0.25) is 5.91 Å². The number of para-hydroxylation sites is 1. The molecule has 4 rings (SSSR count). The summed E-state index contributed by atoms with van der Waals surface area (Å²) >= 11 is 0. The number of nitro benzene ring substituents is 1. The van der Waals surface area contributed by atoms with E-state index >= 15 is 0 Å². The van der Waals surface area contributed by atoms with Gasteiger partial charge in [-0.1, -0.05) is 18.6 Å². The number of non-ortho nitro benzene ring substituents is 1. The highest BCUT2D eigenvalue weighted by atomic mass is 16.6. The fourth-order valence-electron chi connectivity index (χ4n) is 4.28. The predicted molar refractivity (Wildman–Crippen MR) is 129 cm³/mol. The number of benzene rings is 2. The lowest BCUT2D eigenvalue weighted by molar-refractivity contribution is -0.384. The predicted octanol–water partition coefficient (Wildman–Crippen LogP) is 2.51. The second-order valence-corrected chi connectivity index (χ2v) is 8.38. The number of hydrogen-bond acceptors (Lipinski definition) is 6. The van der Waals surface area contributed by atoms with Gasteiger partial charge in [-0.15, -0.1) is 0 Å². The maximum absolute atomic E-state index is 12.6. The van der Waals surface area contributed by atoms with Crippen molar-refractivity contribution in [3.8, 4) is 0 Å². The van der Waals surface area contributed by atoms with Gasteiger partial charge < -0.3 is 14.8 Å². The molecule has 1 aliphatic heterocycles. The van der Waals surface area contributed by atoms with Crippen LogP contribution in [-0.4, -0.2) is 51.5 Å². The summed E-state index contributed by atoms with van der Waals surface area (Å²) in [6.45, 7) is 2.89. The smallest absolute Gasteiger partial charge is 0.328 e. The van der Waals surface area contributed by atoms with Crippen molar-refractivity contribution >= 4 is 28.2 Å². The topological polar surface area (TPSA) is 122 Å². The second kappa shape index (κ2) is 10.3. The summed E-state index contributed by atoms with van der Waals surface area (Å²) in [7, 11) is 0. The molecule has 1 amide bonds. The molecule has 0 unspecified atom stereocenters. The second-order valence-electron chi connectivity index (χ2n) is 8.38. The van der Waals surface area contributed by atoms with Gasteiger partial charge in [0, 0.05) is 57.0 Å². The molecule has 2 heterocycles. The van der Waals surface area contributed by atoms with E-state index in [0.717, 1.165) is 12.1 Å². The Morgan fingerprint density at radius 3 is 2.35 bits per heavy atom. The van der Waals surface area contributed by atoms with Crippen LogP contribution in [0.2, 0.25) is 0 Å². The molecule has 1 fully saturated rings. The summed E-state index contributed by atoms with van der Waals surface area (Å²) in [6, 6.07) is 13.4. The zero-order valence-electron chi connectivity index (χ0n) is 18.8. The Morgan fingerprint density at radius 2 is 1.65 bits per heavy atom. The van der Waals surface area contributed by atoms with Crippen LogP contribution in [-0.2, 0) is 11.3 Å². The van der Waals surface area contributed by atoms with Crippen molar-refractivity contribution < 1.29 is 9.72 Å². The van der Waals surface area contributed by atoms with E-state index in [1.54, 1.807) is 36.4 Å². The number of carbonyl (C=O) groups is 1. The van der Waals surface area contributed by atoms with Crippen LogP contribution in [0.3, 0.4) is 0 Å². The quantitative estimate of drug-likeness (QED) is 0.310. The van der Waals surface area contributed by atoms with Gasteiger partial charge in [0.25, 0.3) is 11.2 Å². The molecule has 0 bridgehead atoms. The summed E-state index contributed by atoms with van der Waals surface area (Å²) < 4.78 is 1.22. The highest BCUT2D eigenvalue weighted by Crippen LogP contribution is 2.21. The Labute approximate surface area is 195 Å². The highest BCUT2D eigenvalue weighted by Gasteiger charge is 2.21. The van der Waals surface area contributed by atoms with Crippen molar-refractivity contribution in [1.82, 2.24) is 14.5 Å². The lowest BCUT2D eigenvalue weighted by Gasteiger charge is -2.36. The number of aromatic amines is 1. The molecule has 178 valence electrons. The minimum Gasteiger partial charge on any atom is -0.368 e. The third-order valence-electron chi connectivity index (χ3n) is 6.22. The first kappa shape index (κ1) is 23.2. The maximum Gasteiger partial charge on any atom is 0.328 e. The van der Waals surface area contributed by atoms with Crippen molar-refractivity contribution in [2.24, 2.45) is 0 Å². The number of aromatic nitrogens is 2. The normalized spacial score (nSPS) is 13.9. The lowest BCUT2D eigenvalue weighted by Crippen LogP contribution is -2.48. The largest absolute Gasteiger partial charge is 0.368 e. The van der Waals surface area contributed by atoms with E-state index in [-0.39, 0.29) is 17.2 Å². The highest BCUT2D eigenvalue weighted by molar-refractivity contribution is 5.77. The lowest BCUT2D eigenvalue weighted by atomic mass is 10.1. The van der Waals surface area contributed by atoms with Gasteiger partial charge in [0.05, 0.1) is 15.8 Å². The van der Waals surface area contributed by atoms with Crippen LogP contribution in [0.1, 0.15) is 25.7 Å². The first-order chi connectivity index (χ1) is 16.4. The Morgan fingerprint density at radius 1 is 0.941 bits per heavy atom. The Bertz CT molecular complexity index is 1290. The fraction of sp³-hybridized carbons (Fsp3) is 0.375. The molecule has 1 aliphatic rings. The minimum absolute atomic E-state index is 0.0626. The summed E-state index contributed by atoms with van der Waals surface area (Å²) in [6.07, 6.45) is 2.51.